The molecule has 0 heterocycles. The summed E-state index contributed by atoms with van der Waals surface area (Å²) in [5.41, 5.74) is 0. The second-order valence-electron chi connectivity index (χ2n) is 6.55. The van der Waals surface area contributed by atoms with E-state index < -0.39 is 6.10 Å². The van der Waals surface area contributed by atoms with Crippen molar-refractivity contribution in [3.63, 3.8) is 0 Å². The SMILES string of the molecule is C#CC(C)OC(=O)CCCC(=O)OCCCCCCCCCCCC. The first-order valence-corrected chi connectivity index (χ1v) is 9.91. The molecule has 0 aliphatic carbocycles. The molecule has 4 nitrogen and oxygen atoms in total. The minimum absolute atomic E-state index is 0.194. The predicted octanol–water partition coefficient (Wildman–Crippen LogP) is 5.19. The van der Waals surface area contributed by atoms with Gasteiger partial charge in [0.1, 0.15) is 0 Å². The summed E-state index contributed by atoms with van der Waals surface area (Å²) >= 11 is 0. The molecule has 1 unspecified atom stereocenters. The number of esters is 2. The van der Waals surface area contributed by atoms with Gasteiger partial charge >= 0.3 is 11.9 Å². The third-order valence-electron chi connectivity index (χ3n) is 4.07. The average molecular weight is 353 g/mol. The molecule has 0 bridgehead atoms. The van der Waals surface area contributed by atoms with Crippen molar-refractivity contribution in [3.05, 3.63) is 0 Å². The summed E-state index contributed by atoms with van der Waals surface area (Å²) in [5, 5.41) is 0. The maximum atomic E-state index is 11.6. The van der Waals surface area contributed by atoms with Gasteiger partial charge in [0, 0.05) is 12.8 Å². The number of unbranched alkanes of at least 4 members (excludes halogenated alkanes) is 9. The van der Waals surface area contributed by atoms with Crippen molar-refractivity contribution in [2.24, 2.45) is 0 Å². The van der Waals surface area contributed by atoms with Crippen molar-refractivity contribution in [2.75, 3.05) is 6.61 Å². The minimum atomic E-state index is -0.518. The molecule has 0 aliphatic heterocycles. The van der Waals surface area contributed by atoms with E-state index in [4.69, 9.17) is 15.9 Å². The first-order valence-electron chi connectivity index (χ1n) is 9.91. The van der Waals surface area contributed by atoms with E-state index in [1.165, 1.54) is 51.4 Å². The quantitative estimate of drug-likeness (QED) is 0.218. The van der Waals surface area contributed by atoms with Crippen LogP contribution < -0.4 is 0 Å². The Labute approximate surface area is 154 Å². The van der Waals surface area contributed by atoms with Gasteiger partial charge in [-0.3, -0.25) is 9.59 Å². The second-order valence-corrected chi connectivity index (χ2v) is 6.55. The maximum absolute atomic E-state index is 11.6. The van der Waals surface area contributed by atoms with Crippen LogP contribution in [0.4, 0.5) is 0 Å². The number of rotatable bonds is 16. The highest BCUT2D eigenvalue weighted by Crippen LogP contribution is 2.10. The molecule has 0 saturated carbocycles. The van der Waals surface area contributed by atoms with Crippen LogP contribution in [-0.4, -0.2) is 24.6 Å². The van der Waals surface area contributed by atoms with Crippen LogP contribution in [0.5, 0.6) is 0 Å². The molecule has 0 aromatic carbocycles. The number of terminal acetylenes is 1. The van der Waals surface area contributed by atoms with Crippen LogP contribution in [0.1, 0.15) is 97.3 Å². The Kier molecular flexibility index (Phi) is 16.3. The third kappa shape index (κ3) is 17.1. The van der Waals surface area contributed by atoms with Gasteiger partial charge in [0.2, 0.25) is 0 Å². The molecular weight excluding hydrogens is 316 g/mol. The van der Waals surface area contributed by atoms with E-state index in [2.05, 4.69) is 12.8 Å². The van der Waals surface area contributed by atoms with Gasteiger partial charge in [0.15, 0.2) is 6.10 Å². The lowest BCUT2D eigenvalue weighted by Gasteiger charge is -2.07. The Hall–Kier alpha value is -1.50. The Morgan fingerprint density at radius 2 is 1.36 bits per heavy atom. The van der Waals surface area contributed by atoms with Gasteiger partial charge in [-0.05, 0) is 19.8 Å². The van der Waals surface area contributed by atoms with Crippen LogP contribution in [0.15, 0.2) is 0 Å². The van der Waals surface area contributed by atoms with Gasteiger partial charge in [-0.2, -0.15) is 0 Å². The molecule has 144 valence electrons. The van der Waals surface area contributed by atoms with Gasteiger partial charge in [-0.1, -0.05) is 70.6 Å². The maximum Gasteiger partial charge on any atom is 0.307 e. The number of hydrogen-bond donors (Lipinski definition) is 0. The Bertz CT molecular complexity index is 384. The lowest BCUT2D eigenvalue weighted by Crippen LogP contribution is -2.13. The van der Waals surface area contributed by atoms with Gasteiger partial charge in [-0.15, -0.1) is 6.42 Å². The summed E-state index contributed by atoms with van der Waals surface area (Å²) in [6.45, 7) is 4.36. The van der Waals surface area contributed by atoms with Crippen molar-refractivity contribution < 1.29 is 19.1 Å². The molecule has 0 N–H and O–H groups in total. The Balaban J connectivity index is 3.33. The van der Waals surface area contributed by atoms with Crippen LogP contribution in [0.25, 0.3) is 0 Å². The van der Waals surface area contributed by atoms with Crippen molar-refractivity contribution in [3.8, 4) is 12.3 Å². The number of ether oxygens (including phenoxy) is 2. The van der Waals surface area contributed by atoms with Gasteiger partial charge in [0.25, 0.3) is 0 Å². The van der Waals surface area contributed by atoms with Crippen molar-refractivity contribution in [1.82, 2.24) is 0 Å². The summed E-state index contributed by atoms with van der Waals surface area (Å²) in [4.78, 5) is 22.9. The lowest BCUT2D eigenvalue weighted by molar-refractivity contribution is -0.146. The first kappa shape index (κ1) is 23.5. The van der Waals surface area contributed by atoms with Crippen molar-refractivity contribution >= 4 is 11.9 Å². The smallest absolute Gasteiger partial charge is 0.307 e. The van der Waals surface area contributed by atoms with Crippen LogP contribution in [0.3, 0.4) is 0 Å². The molecule has 1 atom stereocenters. The molecule has 0 aliphatic rings. The second kappa shape index (κ2) is 17.3. The molecular formula is C21H36O4. The first-order chi connectivity index (χ1) is 12.1. The van der Waals surface area contributed by atoms with Gasteiger partial charge in [0.05, 0.1) is 6.61 Å². The summed E-state index contributed by atoms with van der Waals surface area (Å²) in [6, 6.07) is 0. The van der Waals surface area contributed by atoms with Crippen LogP contribution >= 0.6 is 0 Å². The van der Waals surface area contributed by atoms with Gasteiger partial charge in [-0.25, -0.2) is 0 Å². The molecule has 25 heavy (non-hydrogen) atoms. The lowest BCUT2D eigenvalue weighted by atomic mass is 10.1. The Morgan fingerprint density at radius 1 is 0.840 bits per heavy atom. The fourth-order valence-electron chi connectivity index (χ4n) is 2.51. The molecule has 0 aromatic rings. The molecule has 4 heteroatoms. The highest BCUT2D eigenvalue weighted by atomic mass is 16.5. The van der Waals surface area contributed by atoms with Crippen molar-refractivity contribution in [2.45, 2.75) is 103 Å². The zero-order valence-electron chi connectivity index (χ0n) is 16.2. The summed E-state index contributed by atoms with van der Waals surface area (Å²) in [5.74, 6) is 1.71. The fraction of sp³-hybridized carbons (Fsp3) is 0.810. The summed E-state index contributed by atoms with van der Waals surface area (Å²) in [6.07, 6.45) is 18.1. The number of carbonyl (C=O) groups is 2. The minimum Gasteiger partial charge on any atom is -0.466 e. The highest BCUT2D eigenvalue weighted by molar-refractivity contribution is 5.72. The molecule has 0 saturated heterocycles. The summed E-state index contributed by atoms with van der Waals surface area (Å²) in [7, 11) is 0. The standard InChI is InChI=1S/C21H36O4/c1-4-6-7-8-9-10-11-12-13-14-18-24-20(22)16-15-17-21(23)25-19(3)5-2/h2,19H,4,6-18H2,1,3H3. The zero-order valence-corrected chi connectivity index (χ0v) is 16.2. The van der Waals surface area contributed by atoms with Gasteiger partial charge < -0.3 is 9.47 Å². The number of carbonyl (C=O) groups excluding carboxylic acids is 2. The van der Waals surface area contributed by atoms with Crippen molar-refractivity contribution in [1.29, 1.82) is 0 Å². The van der Waals surface area contributed by atoms with E-state index in [0.29, 0.717) is 13.0 Å². The topological polar surface area (TPSA) is 52.6 Å². The van der Waals surface area contributed by atoms with E-state index in [1.54, 1.807) is 6.92 Å². The average Bonchev–Trinajstić information content (AvgIpc) is 2.59. The van der Waals surface area contributed by atoms with Crippen LogP contribution in [0.2, 0.25) is 0 Å². The predicted molar refractivity (Wildman–Crippen MR) is 101 cm³/mol. The van der Waals surface area contributed by atoms with E-state index in [1.807, 2.05) is 0 Å². The fourth-order valence-corrected chi connectivity index (χ4v) is 2.51. The molecule has 0 aromatic heterocycles. The highest BCUT2D eigenvalue weighted by Gasteiger charge is 2.09. The van der Waals surface area contributed by atoms with Crippen LogP contribution in [-0.2, 0) is 19.1 Å². The summed E-state index contributed by atoms with van der Waals surface area (Å²) < 4.78 is 10.1. The molecule has 0 spiro atoms. The monoisotopic (exact) mass is 352 g/mol. The molecule has 0 radical (unpaired) electrons. The molecule has 0 rings (SSSR count). The third-order valence-corrected chi connectivity index (χ3v) is 4.07. The Morgan fingerprint density at radius 3 is 1.92 bits per heavy atom. The normalized spacial score (nSPS) is 11.6. The van der Waals surface area contributed by atoms with E-state index in [9.17, 15) is 9.59 Å². The largest absolute Gasteiger partial charge is 0.466 e. The zero-order chi connectivity index (χ0) is 18.8. The molecule has 0 amide bonds. The van der Waals surface area contributed by atoms with E-state index in [-0.39, 0.29) is 24.8 Å². The van der Waals surface area contributed by atoms with Crippen LogP contribution in [0, 0.1) is 12.3 Å². The van der Waals surface area contributed by atoms with E-state index in [0.717, 1.165) is 12.8 Å². The number of hydrogen-bond acceptors (Lipinski definition) is 4. The van der Waals surface area contributed by atoms with E-state index >= 15 is 0 Å². The molecule has 0 fully saturated rings.